The van der Waals surface area contributed by atoms with Gasteiger partial charge in [-0.05, 0) is 30.7 Å². The molecule has 2 rings (SSSR count). The first-order valence-corrected chi connectivity index (χ1v) is 6.16. The van der Waals surface area contributed by atoms with Crippen LogP contribution >= 0.6 is 0 Å². The summed E-state index contributed by atoms with van der Waals surface area (Å²) in [6, 6.07) is 8.33. The summed E-state index contributed by atoms with van der Waals surface area (Å²) in [5, 5.41) is 9.33. The number of hydrogen-bond acceptors (Lipinski definition) is 3. The summed E-state index contributed by atoms with van der Waals surface area (Å²) in [4.78, 5) is 4.01. The summed E-state index contributed by atoms with van der Waals surface area (Å²) in [6.07, 6.45) is 3.40. The first-order valence-electron chi connectivity index (χ1n) is 6.16. The first kappa shape index (κ1) is 13.5. The Balaban J connectivity index is 1.92. The second kappa shape index (κ2) is 6.29. The van der Waals surface area contributed by atoms with Crippen LogP contribution in [0.1, 0.15) is 24.2 Å². The molecule has 0 bridgehead atoms. The largest absolute Gasteiger partial charge is 0.493 e. The number of pyridine rings is 1. The fourth-order valence-corrected chi connectivity index (χ4v) is 1.77. The van der Waals surface area contributed by atoms with Crippen molar-refractivity contribution >= 4 is 0 Å². The Hall–Kier alpha value is -1.94. The summed E-state index contributed by atoms with van der Waals surface area (Å²) >= 11 is 0. The molecule has 100 valence electrons. The Morgan fingerprint density at radius 1 is 1.37 bits per heavy atom. The van der Waals surface area contributed by atoms with Crippen LogP contribution in [0.3, 0.4) is 0 Å². The summed E-state index contributed by atoms with van der Waals surface area (Å²) in [6.45, 7) is 1.99. The van der Waals surface area contributed by atoms with E-state index in [0.717, 1.165) is 5.56 Å². The Labute approximate surface area is 111 Å². The van der Waals surface area contributed by atoms with Crippen LogP contribution in [0.25, 0.3) is 0 Å². The molecule has 0 saturated carbocycles. The van der Waals surface area contributed by atoms with E-state index < -0.39 is 11.9 Å². The van der Waals surface area contributed by atoms with Crippen molar-refractivity contribution in [1.82, 2.24) is 4.98 Å². The number of aromatic nitrogens is 1. The highest BCUT2D eigenvalue weighted by Gasteiger charge is 2.08. The maximum absolute atomic E-state index is 13.6. The molecule has 1 unspecified atom stereocenters. The molecular weight excluding hydrogens is 245 g/mol. The molecule has 0 aliphatic carbocycles. The highest BCUT2D eigenvalue weighted by Crippen LogP contribution is 2.21. The summed E-state index contributed by atoms with van der Waals surface area (Å²) in [5.41, 5.74) is 1.35. The van der Waals surface area contributed by atoms with Gasteiger partial charge in [-0.15, -0.1) is 0 Å². The van der Waals surface area contributed by atoms with Gasteiger partial charge in [0.1, 0.15) is 11.6 Å². The number of halogens is 1. The van der Waals surface area contributed by atoms with Crippen molar-refractivity contribution in [1.29, 1.82) is 0 Å². The Morgan fingerprint density at radius 2 is 2.21 bits per heavy atom. The van der Waals surface area contributed by atoms with E-state index in [2.05, 4.69) is 4.98 Å². The van der Waals surface area contributed by atoms with Gasteiger partial charge in [0.05, 0.1) is 12.7 Å². The highest BCUT2D eigenvalue weighted by molar-refractivity contribution is 5.30. The van der Waals surface area contributed by atoms with E-state index in [4.69, 9.17) is 4.74 Å². The van der Waals surface area contributed by atoms with Gasteiger partial charge in [-0.25, -0.2) is 4.39 Å². The predicted molar refractivity (Wildman–Crippen MR) is 70.5 cm³/mol. The molecule has 1 N–H and O–H groups in total. The maximum atomic E-state index is 13.6. The normalized spacial score (nSPS) is 12.2. The third kappa shape index (κ3) is 3.76. The van der Waals surface area contributed by atoms with Crippen molar-refractivity contribution in [2.45, 2.75) is 19.4 Å². The molecule has 0 fully saturated rings. The van der Waals surface area contributed by atoms with Crippen molar-refractivity contribution in [2.24, 2.45) is 0 Å². The van der Waals surface area contributed by atoms with Gasteiger partial charge in [0.15, 0.2) is 0 Å². The number of aliphatic hydroxyl groups excluding tert-OH is 1. The summed E-state index contributed by atoms with van der Waals surface area (Å²) in [7, 11) is 0. The van der Waals surface area contributed by atoms with E-state index in [1.165, 1.54) is 13.0 Å². The zero-order valence-electron chi connectivity index (χ0n) is 10.7. The molecule has 19 heavy (non-hydrogen) atoms. The fraction of sp³-hybridized carbons (Fsp3) is 0.267. The van der Waals surface area contributed by atoms with Gasteiger partial charge in [-0.3, -0.25) is 4.98 Å². The number of rotatable bonds is 5. The van der Waals surface area contributed by atoms with Crippen LogP contribution in [0.2, 0.25) is 0 Å². The van der Waals surface area contributed by atoms with E-state index in [1.807, 2.05) is 12.1 Å². The molecule has 4 heteroatoms. The molecule has 0 saturated heterocycles. The standard InChI is InChI=1S/C15H16FNO2/c1-11(18)14-5-4-13(9-15(14)16)19-8-6-12-3-2-7-17-10-12/h2-5,7,9-11,18H,6,8H2,1H3. The van der Waals surface area contributed by atoms with Gasteiger partial charge in [0.25, 0.3) is 0 Å². The molecule has 1 atom stereocenters. The Bertz CT molecular complexity index is 529. The second-order valence-corrected chi connectivity index (χ2v) is 4.32. The average Bonchev–Trinajstić information content (AvgIpc) is 2.39. The van der Waals surface area contributed by atoms with E-state index >= 15 is 0 Å². The van der Waals surface area contributed by atoms with Crippen molar-refractivity contribution in [2.75, 3.05) is 6.61 Å². The lowest BCUT2D eigenvalue weighted by atomic mass is 10.1. The topological polar surface area (TPSA) is 42.4 Å². The van der Waals surface area contributed by atoms with Gasteiger partial charge in [0.2, 0.25) is 0 Å². The van der Waals surface area contributed by atoms with Crippen LogP contribution in [0, 0.1) is 5.82 Å². The zero-order chi connectivity index (χ0) is 13.7. The minimum atomic E-state index is -0.815. The molecule has 1 aromatic carbocycles. The third-order valence-electron chi connectivity index (χ3n) is 2.80. The lowest BCUT2D eigenvalue weighted by molar-refractivity contribution is 0.194. The van der Waals surface area contributed by atoms with Crippen LogP contribution in [-0.2, 0) is 6.42 Å². The number of nitrogens with zero attached hydrogens (tertiary/aromatic N) is 1. The van der Waals surface area contributed by atoms with Crippen molar-refractivity contribution in [3.05, 3.63) is 59.7 Å². The van der Waals surface area contributed by atoms with Gasteiger partial charge < -0.3 is 9.84 Å². The SMILES string of the molecule is CC(O)c1ccc(OCCc2cccnc2)cc1F. The predicted octanol–water partition coefficient (Wildman–Crippen LogP) is 2.90. The van der Waals surface area contributed by atoms with Gasteiger partial charge >= 0.3 is 0 Å². The van der Waals surface area contributed by atoms with Crippen LogP contribution < -0.4 is 4.74 Å². The summed E-state index contributed by atoms with van der Waals surface area (Å²) in [5.74, 6) is 0.0136. The van der Waals surface area contributed by atoms with Crippen LogP contribution in [0.5, 0.6) is 5.75 Å². The minimum absolute atomic E-state index is 0.277. The quantitative estimate of drug-likeness (QED) is 0.899. The first-order chi connectivity index (χ1) is 9.16. The van der Waals surface area contributed by atoms with E-state index in [1.54, 1.807) is 24.5 Å². The van der Waals surface area contributed by atoms with Crippen molar-refractivity contribution < 1.29 is 14.2 Å². The molecule has 2 aromatic rings. The molecular formula is C15H16FNO2. The Morgan fingerprint density at radius 3 is 2.84 bits per heavy atom. The van der Waals surface area contributed by atoms with E-state index in [0.29, 0.717) is 18.8 Å². The maximum Gasteiger partial charge on any atom is 0.132 e. The highest BCUT2D eigenvalue weighted by atomic mass is 19.1. The molecule has 0 amide bonds. The van der Waals surface area contributed by atoms with Crippen molar-refractivity contribution in [3.8, 4) is 5.75 Å². The van der Waals surface area contributed by atoms with Crippen LogP contribution in [0.4, 0.5) is 4.39 Å². The van der Waals surface area contributed by atoms with Gasteiger partial charge in [0, 0.05) is 30.4 Å². The monoisotopic (exact) mass is 261 g/mol. The second-order valence-electron chi connectivity index (χ2n) is 4.32. The number of hydrogen-bond donors (Lipinski definition) is 1. The minimum Gasteiger partial charge on any atom is -0.493 e. The van der Waals surface area contributed by atoms with Gasteiger partial charge in [-0.2, -0.15) is 0 Å². The molecule has 0 spiro atoms. The van der Waals surface area contributed by atoms with E-state index in [9.17, 15) is 9.50 Å². The molecule has 0 aliphatic heterocycles. The molecule has 1 heterocycles. The Kier molecular flexibility index (Phi) is 4.47. The molecule has 1 aromatic heterocycles. The van der Waals surface area contributed by atoms with Crippen molar-refractivity contribution in [3.63, 3.8) is 0 Å². The number of benzene rings is 1. The van der Waals surface area contributed by atoms with Crippen LogP contribution in [-0.4, -0.2) is 16.7 Å². The fourth-order valence-electron chi connectivity index (χ4n) is 1.77. The lowest BCUT2D eigenvalue weighted by Crippen LogP contribution is -2.03. The van der Waals surface area contributed by atoms with Crippen LogP contribution in [0.15, 0.2) is 42.7 Å². The number of ether oxygens (including phenoxy) is 1. The number of aliphatic hydroxyl groups is 1. The average molecular weight is 261 g/mol. The van der Waals surface area contributed by atoms with Gasteiger partial charge in [-0.1, -0.05) is 6.07 Å². The summed E-state index contributed by atoms with van der Waals surface area (Å²) < 4.78 is 19.1. The lowest BCUT2D eigenvalue weighted by Gasteiger charge is -2.10. The molecule has 0 aliphatic rings. The molecule has 0 radical (unpaired) electrons. The molecule has 3 nitrogen and oxygen atoms in total. The third-order valence-corrected chi connectivity index (χ3v) is 2.80. The van der Waals surface area contributed by atoms with E-state index in [-0.39, 0.29) is 5.56 Å². The smallest absolute Gasteiger partial charge is 0.132 e. The zero-order valence-corrected chi connectivity index (χ0v) is 10.7.